The molecule has 1 atom stereocenters. The molecule has 0 spiro atoms. The topological polar surface area (TPSA) is 6.48 Å². The Balaban J connectivity index is 3.06. The molecule has 0 amide bonds. The molecular weight excluding hydrogens is 320 g/mol. The van der Waals surface area contributed by atoms with Gasteiger partial charge in [0, 0.05) is 0 Å². The first-order valence-corrected chi connectivity index (χ1v) is 12.4. The average molecular weight is 361 g/mol. The van der Waals surface area contributed by atoms with Crippen LogP contribution >= 0.6 is 0 Å². The van der Waals surface area contributed by atoms with Crippen LogP contribution in [0.5, 0.6) is 0 Å². The Bertz CT molecular complexity index is 421. The molecule has 3 heteroatoms. The summed E-state index contributed by atoms with van der Waals surface area (Å²) in [7, 11) is -1.16. The van der Waals surface area contributed by atoms with Crippen LogP contribution in [0.3, 0.4) is 0 Å². The van der Waals surface area contributed by atoms with E-state index in [1.807, 2.05) is 0 Å². The molecule has 0 aliphatic heterocycles. The van der Waals surface area contributed by atoms with Crippen LogP contribution in [0.15, 0.2) is 42.6 Å². The maximum atomic E-state index is 4.22. The van der Waals surface area contributed by atoms with Crippen molar-refractivity contribution in [1.82, 2.24) is 9.80 Å². The molecule has 0 radical (unpaired) electrons. The maximum Gasteiger partial charge on any atom is 0.0962 e. The van der Waals surface area contributed by atoms with Crippen molar-refractivity contribution in [1.29, 1.82) is 0 Å². The fourth-order valence-electron chi connectivity index (χ4n) is 3.79. The van der Waals surface area contributed by atoms with Gasteiger partial charge in [-0.05, 0) is 57.9 Å². The van der Waals surface area contributed by atoms with E-state index in [9.17, 15) is 0 Å². The van der Waals surface area contributed by atoms with Gasteiger partial charge in [-0.1, -0.05) is 68.9 Å². The Morgan fingerprint density at radius 2 is 1.28 bits per heavy atom. The van der Waals surface area contributed by atoms with Gasteiger partial charge in [0.05, 0.1) is 15.0 Å². The van der Waals surface area contributed by atoms with Crippen LogP contribution in [0.2, 0.25) is 6.04 Å². The first-order valence-electron chi connectivity index (χ1n) is 10.4. The Labute approximate surface area is 158 Å². The molecule has 142 valence electrons. The van der Waals surface area contributed by atoms with Gasteiger partial charge in [0.1, 0.15) is 0 Å². The van der Waals surface area contributed by atoms with Gasteiger partial charge in [-0.15, -0.1) is 6.58 Å². The monoisotopic (exact) mass is 360 g/mol. The van der Waals surface area contributed by atoms with Gasteiger partial charge in [-0.3, -0.25) is 9.80 Å². The zero-order chi connectivity index (χ0) is 18.5. The molecule has 0 aliphatic carbocycles. The van der Waals surface area contributed by atoms with E-state index in [1.54, 1.807) is 0 Å². The number of benzene rings is 1. The van der Waals surface area contributed by atoms with E-state index < -0.39 is 8.80 Å². The van der Waals surface area contributed by atoms with E-state index in [-0.39, 0.29) is 0 Å². The summed E-state index contributed by atoms with van der Waals surface area (Å²) in [6, 6.07) is 12.4. The van der Waals surface area contributed by atoms with Gasteiger partial charge in [0.25, 0.3) is 0 Å². The number of hydrogen-bond donors (Lipinski definition) is 0. The summed E-state index contributed by atoms with van der Waals surface area (Å²) in [5.74, 6) is 0. The highest BCUT2D eigenvalue weighted by atomic mass is 28.3. The summed E-state index contributed by atoms with van der Waals surface area (Å²) in [5.41, 5.74) is 2.29. The van der Waals surface area contributed by atoms with Crippen molar-refractivity contribution in [2.45, 2.75) is 65.6 Å². The first kappa shape index (κ1) is 22.1. The van der Waals surface area contributed by atoms with Crippen LogP contribution in [0.1, 0.15) is 53.4 Å². The van der Waals surface area contributed by atoms with Crippen molar-refractivity contribution in [2.75, 3.05) is 26.2 Å². The normalized spacial score (nSPS) is 12.9. The lowest BCUT2D eigenvalue weighted by atomic mass is 10.2. The van der Waals surface area contributed by atoms with Gasteiger partial charge in [-0.2, -0.15) is 0 Å². The van der Waals surface area contributed by atoms with Gasteiger partial charge < -0.3 is 0 Å². The molecular formula is C22H40N2Si. The Morgan fingerprint density at radius 3 is 1.64 bits per heavy atom. The van der Waals surface area contributed by atoms with Crippen LogP contribution in [-0.2, 0) is 0 Å². The smallest absolute Gasteiger partial charge is 0.0962 e. The van der Waals surface area contributed by atoms with Crippen molar-refractivity contribution >= 4 is 14.0 Å². The van der Waals surface area contributed by atoms with Crippen LogP contribution in [0, 0.1) is 0 Å². The minimum atomic E-state index is -1.16. The summed E-state index contributed by atoms with van der Waals surface area (Å²) in [5, 5.41) is 1.53. The molecule has 1 aromatic carbocycles. The van der Waals surface area contributed by atoms with E-state index in [2.05, 4.69) is 80.1 Å². The molecule has 0 aliphatic rings. The molecule has 2 nitrogen and oxygen atoms in total. The second-order valence-corrected chi connectivity index (χ2v) is 9.86. The zero-order valence-corrected chi connectivity index (χ0v) is 18.2. The van der Waals surface area contributed by atoms with Crippen molar-refractivity contribution in [3.05, 3.63) is 42.6 Å². The molecule has 1 aromatic rings. The molecule has 0 saturated carbocycles. The SMILES string of the molecule is C=C[SiH](CC(N(CCC)CCC)N(CCC)CCC)c1ccccc1. The third-order valence-corrected chi connectivity index (χ3v) is 7.60. The third kappa shape index (κ3) is 7.47. The summed E-state index contributed by atoms with van der Waals surface area (Å²) in [6.07, 6.45) is 5.49. The lowest BCUT2D eigenvalue weighted by Gasteiger charge is -2.41. The molecule has 1 unspecified atom stereocenters. The van der Waals surface area contributed by atoms with E-state index >= 15 is 0 Å². The number of hydrogen-bond acceptors (Lipinski definition) is 2. The Morgan fingerprint density at radius 1 is 0.840 bits per heavy atom. The summed E-state index contributed by atoms with van der Waals surface area (Å²) in [6.45, 7) is 18.3. The minimum Gasteiger partial charge on any atom is -0.288 e. The second kappa shape index (κ2) is 13.3. The number of rotatable bonds is 14. The standard InChI is InChI=1S/C22H40N2Si/c1-6-16-23(17-7-2)22(24(18-8-3)19-9-4)20-25(10-5)21-14-12-11-13-15-21/h10-15,22,25H,5-9,16-20H2,1-4H3. The predicted molar refractivity (Wildman–Crippen MR) is 116 cm³/mol. The van der Waals surface area contributed by atoms with Crippen LogP contribution in [0.25, 0.3) is 0 Å². The quantitative estimate of drug-likeness (QED) is 0.358. The molecule has 25 heavy (non-hydrogen) atoms. The van der Waals surface area contributed by atoms with Crippen molar-refractivity contribution in [2.24, 2.45) is 0 Å². The summed E-state index contributed by atoms with van der Waals surface area (Å²) in [4.78, 5) is 5.50. The molecule has 0 bridgehead atoms. The highest BCUT2D eigenvalue weighted by Crippen LogP contribution is 2.17. The highest BCUT2D eigenvalue weighted by Gasteiger charge is 2.27. The second-order valence-electron chi connectivity index (χ2n) is 7.04. The van der Waals surface area contributed by atoms with Gasteiger partial charge in [-0.25, -0.2) is 0 Å². The lowest BCUT2D eigenvalue weighted by Crippen LogP contribution is -2.52. The van der Waals surface area contributed by atoms with Crippen LogP contribution < -0.4 is 5.19 Å². The largest absolute Gasteiger partial charge is 0.288 e. The molecule has 0 N–H and O–H groups in total. The fourth-order valence-corrected chi connectivity index (χ4v) is 6.30. The van der Waals surface area contributed by atoms with Crippen molar-refractivity contribution in [3.8, 4) is 0 Å². The predicted octanol–water partition coefficient (Wildman–Crippen LogP) is 4.42. The zero-order valence-electron chi connectivity index (χ0n) is 17.1. The fraction of sp³-hybridized carbons (Fsp3) is 0.636. The molecule has 0 saturated heterocycles. The van der Waals surface area contributed by atoms with Crippen LogP contribution in [0.4, 0.5) is 0 Å². The highest BCUT2D eigenvalue weighted by molar-refractivity contribution is 6.77. The van der Waals surface area contributed by atoms with E-state index in [4.69, 9.17) is 0 Å². The van der Waals surface area contributed by atoms with E-state index in [0.29, 0.717) is 6.17 Å². The molecule has 0 heterocycles. The summed E-state index contributed by atoms with van der Waals surface area (Å²) < 4.78 is 0. The van der Waals surface area contributed by atoms with Crippen molar-refractivity contribution < 1.29 is 0 Å². The first-order chi connectivity index (χ1) is 12.2. The minimum absolute atomic E-state index is 0.565. The Kier molecular flexibility index (Phi) is 11.8. The molecule has 0 aromatic heterocycles. The third-order valence-electron chi connectivity index (χ3n) is 4.86. The Hall–Kier alpha value is -0.903. The lowest BCUT2D eigenvalue weighted by molar-refractivity contribution is 0.0541. The van der Waals surface area contributed by atoms with Crippen molar-refractivity contribution in [3.63, 3.8) is 0 Å². The van der Waals surface area contributed by atoms with E-state index in [1.165, 1.54) is 63.1 Å². The summed E-state index contributed by atoms with van der Waals surface area (Å²) >= 11 is 0. The van der Waals surface area contributed by atoms with Gasteiger partial charge in [0.15, 0.2) is 0 Å². The molecule has 0 fully saturated rings. The number of nitrogens with zero attached hydrogens (tertiary/aromatic N) is 2. The average Bonchev–Trinajstić information content (AvgIpc) is 2.63. The molecule has 1 rings (SSSR count). The van der Waals surface area contributed by atoms with Crippen LogP contribution in [-0.4, -0.2) is 50.9 Å². The van der Waals surface area contributed by atoms with Gasteiger partial charge in [0.2, 0.25) is 0 Å². The van der Waals surface area contributed by atoms with E-state index in [0.717, 1.165) is 0 Å². The van der Waals surface area contributed by atoms with Gasteiger partial charge >= 0.3 is 0 Å². The maximum absolute atomic E-state index is 4.22.